The zero-order chi connectivity index (χ0) is 21.9. The molecule has 0 saturated carbocycles. The van der Waals surface area contributed by atoms with Crippen LogP contribution in [-0.4, -0.2) is 50.1 Å². The minimum atomic E-state index is -0.584. The molecule has 0 aromatic heterocycles. The fraction of sp³-hybridized carbons (Fsp3) is 0.391. The normalized spacial score (nSPS) is 11.3. The van der Waals surface area contributed by atoms with Crippen molar-refractivity contribution >= 4 is 11.8 Å². The largest absolute Gasteiger partial charge is 0.497 e. The van der Waals surface area contributed by atoms with Crippen molar-refractivity contribution in [3.8, 4) is 17.2 Å². The van der Waals surface area contributed by atoms with E-state index in [9.17, 15) is 9.59 Å². The van der Waals surface area contributed by atoms with E-state index in [1.807, 2.05) is 38.1 Å². The predicted octanol–water partition coefficient (Wildman–Crippen LogP) is 3.03. The smallest absolute Gasteiger partial charge is 0.261 e. The number of methoxy groups -OCH3 is 2. The minimum absolute atomic E-state index is 0.168. The Hall–Kier alpha value is -3.22. The van der Waals surface area contributed by atoms with Crippen LogP contribution in [0.25, 0.3) is 0 Å². The maximum atomic E-state index is 13.0. The number of benzene rings is 2. The van der Waals surface area contributed by atoms with Crippen molar-refractivity contribution < 1.29 is 23.8 Å². The summed E-state index contributed by atoms with van der Waals surface area (Å²) in [6, 6.07) is 13.8. The van der Waals surface area contributed by atoms with Gasteiger partial charge in [-0.2, -0.15) is 0 Å². The molecular weight excluding hydrogens is 384 g/mol. The van der Waals surface area contributed by atoms with E-state index in [1.165, 1.54) is 0 Å². The lowest BCUT2D eigenvalue weighted by molar-refractivity contribution is -0.142. The first-order valence-electron chi connectivity index (χ1n) is 9.99. The Labute approximate surface area is 177 Å². The van der Waals surface area contributed by atoms with Gasteiger partial charge in [0.05, 0.1) is 14.2 Å². The molecule has 0 aliphatic carbocycles. The third-order valence-electron chi connectivity index (χ3n) is 4.67. The van der Waals surface area contributed by atoms with Gasteiger partial charge in [0, 0.05) is 13.1 Å². The van der Waals surface area contributed by atoms with E-state index in [2.05, 4.69) is 5.32 Å². The Morgan fingerprint density at radius 3 is 1.93 bits per heavy atom. The Morgan fingerprint density at radius 1 is 0.900 bits per heavy atom. The maximum Gasteiger partial charge on any atom is 0.261 e. The van der Waals surface area contributed by atoms with Crippen LogP contribution in [0.2, 0.25) is 0 Å². The molecule has 30 heavy (non-hydrogen) atoms. The van der Waals surface area contributed by atoms with Crippen LogP contribution in [0.4, 0.5) is 0 Å². The summed E-state index contributed by atoms with van der Waals surface area (Å²) < 4.78 is 16.0. The number of carbonyl (C=O) groups is 2. The number of ether oxygens (including phenoxy) is 3. The second-order valence-corrected chi connectivity index (χ2v) is 6.65. The van der Waals surface area contributed by atoms with Gasteiger partial charge < -0.3 is 24.4 Å². The standard InChI is InChI=1S/C23H30N2O5/c1-5-21(23(27)24-6-2)25(15-17-7-9-18(28-3)10-8-17)22(26)16-30-20-13-11-19(29-4)12-14-20/h7-14,21H,5-6,15-16H2,1-4H3,(H,24,27)/t21-/m0/s1. The summed E-state index contributed by atoms with van der Waals surface area (Å²) in [5.41, 5.74) is 0.899. The second kappa shape index (κ2) is 11.7. The molecular formula is C23H30N2O5. The summed E-state index contributed by atoms with van der Waals surface area (Å²) in [7, 11) is 3.19. The maximum absolute atomic E-state index is 13.0. The number of rotatable bonds is 11. The van der Waals surface area contributed by atoms with Crippen molar-refractivity contribution in [2.45, 2.75) is 32.9 Å². The summed E-state index contributed by atoms with van der Waals surface area (Å²) in [4.78, 5) is 27.2. The van der Waals surface area contributed by atoms with Gasteiger partial charge in [0.15, 0.2) is 6.61 Å². The topological polar surface area (TPSA) is 77.1 Å². The fourth-order valence-corrected chi connectivity index (χ4v) is 3.04. The van der Waals surface area contributed by atoms with E-state index in [-0.39, 0.29) is 18.4 Å². The number of carbonyl (C=O) groups excluding carboxylic acids is 2. The molecule has 7 nitrogen and oxygen atoms in total. The number of hydrogen-bond donors (Lipinski definition) is 1. The first-order chi connectivity index (χ1) is 14.5. The minimum Gasteiger partial charge on any atom is -0.497 e. The molecule has 0 aliphatic rings. The molecule has 0 heterocycles. The molecule has 0 spiro atoms. The third-order valence-corrected chi connectivity index (χ3v) is 4.67. The molecule has 0 bridgehead atoms. The highest BCUT2D eigenvalue weighted by molar-refractivity contribution is 5.88. The van der Waals surface area contributed by atoms with Crippen LogP contribution in [0.5, 0.6) is 17.2 Å². The lowest BCUT2D eigenvalue weighted by Crippen LogP contribution is -2.50. The summed E-state index contributed by atoms with van der Waals surface area (Å²) in [5.74, 6) is 1.55. The van der Waals surface area contributed by atoms with Crippen LogP contribution in [0.1, 0.15) is 25.8 Å². The molecule has 0 aliphatic heterocycles. The highest BCUT2D eigenvalue weighted by Gasteiger charge is 2.28. The quantitative estimate of drug-likeness (QED) is 0.612. The molecule has 1 atom stereocenters. The molecule has 0 saturated heterocycles. The molecule has 0 unspecified atom stereocenters. The summed E-state index contributed by atoms with van der Waals surface area (Å²) in [6.45, 7) is 4.37. The van der Waals surface area contributed by atoms with Crippen molar-refractivity contribution in [1.29, 1.82) is 0 Å². The Bertz CT molecular complexity index is 805. The van der Waals surface area contributed by atoms with Gasteiger partial charge in [0.2, 0.25) is 5.91 Å². The molecule has 0 fully saturated rings. The SMILES string of the molecule is CCNC(=O)[C@H](CC)N(Cc1ccc(OC)cc1)C(=O)COc1ccc(OC)cc1. The molecule has 2 aromatic carbocycles. The highest BCUT2D eigenvalue weighted by Crippen LogP contribution is 2.19. The van der Waals surface area contributed by atoms with Crippen molar-refractivity contribution in [2.24, 2.45) is 0 Å². The average molecular weight is 415 g/mol. The van der Waals surface area contributed by atoms with E-state index in [0.717, 1.165) is 11.3 Å². The lowest BCUT2D eigenvalue weighted by Gasteiger charge is -2.30. The Morgan fingerprint density at radius 2 is 1.43 bits per heavy atom. The van der Waals surface area contributed by atoms with Crippen LogP contribution >= 0.6 is 0 Å². The van der Waals surface area contributed by atoms with Gasteiger partial charge in [-0.05, 0) is 55.3 Å². The van der Waals surface area contributed by atoms with Gasteiger partial charge in [-0.1, -0.05) is 19.1 Å². The number of nitrogens with zero attached hydrogens (tertiary/aromatic N) is 1. The van der Waals surface area contributed by atoms with Crippen LogP contribution in [0, 0.1) is 0 Å². The Kier molecular flexibility index (Phi) is 9.00. The fourth-order valence-electron chi connectivity index (χ4n) is 3.04. The monoisotopic (exact) mass is 414 g/mol. The van der Waals surface area contributed by atoms with Gasteiger partial charge in [-0.25, -0.2) is 0 Å². The molecule has 7 heteroatoms. The first-order valence-corrected chi connectivity index (χ1v) is 9.99. The number of likely N-dealkylation sites (N-methyl/N-ethyl adjacent to an activating group) is 1. The second-order valence-electron chi connectivity index (χ2n) is 6.65. The molecule has 1 N–H and O–H groups in total. The molecule has 2 rings (SSSR count). The molecule has 162 valence electrons. The molecule has 2 amide bonds. The van der Waals surface area contributed by atoms with Crippen molar-refractivity contribution in [1.82, 2.24) is 10.2 Å². The van der Waals surface area contributed by atoms with Gasteiger partial charge in [0.1, 0.15) is 23.3 Å². The third kappa shape index (κ3) is 6.40. The lowest BCUT2D eigenvalue weighted by atomic mass is 10.1. The molecule has 0 radical (unpaired) electrons. The predicted molar refractivity (Wildman–Crippen MR) is 115 cm³/mol. The van der Waals surface area contributed by atoms with Crippen LogP contribution < -0.4 is 19.5 Å². The van der Waals surface area contributed by atoms with E-state index in [0.29, 0.717) is 31.0 Å². The Balaban J connectivity index is 2.16. The van der Waals surface area contributed by atoms with E-state index >= 15 is 0 Å². The van der Waals surface area contributed by atoms with E-state index in [1.54, 1.807) is 43.4 Å². The van der Waals surface area contributed by atoms with Gasteiger partial charge in [-0.3, -0.25) is 9.59 Å². The van der Waals surface area contributed by atoms with Crippen LogP contribution in [0.15, 0.2) is 48.5 Å². The van der Waals surface area contributed by atoms with Crippen molar-refractivity contribution in [3.63, 3.8) is 0 Å². The zero-order valence-electron chi connectivity index (χ0n) is 18.0. The van der Waals surface area contributed by atoms with Crippen molar-refractivity contribution in [3.05, 3.63) is 54.1 Å². The first kappa shape index (κ1) is 23.1. The number of nitrogens with one attached hydrogen (secondary N) is 1. The van der Waals surface area contributed by atoms with Gasteiger partial charge in [-0.15, -0.1) is 0 Å². The molecule has 2 aromatic rings. The summed E-state index contributed by atoms with van der Waals surface area (Å²) in [5, 5.41) is 2.81. The number of amides is 2. The van der Waals surface area contributed by atoms with Gasteiger partial charge in [0.25, 0.3) is 5.91 Å². The van der Waals surface area contributed by atoms with Crippen molar-refractivity contribution in [2.75, 3.05) is 27.4 Å². The van der Waals surface area contributed by atoms with Crippen LogP contribution in [0.3, 0.4) is 0 Å². The average Bonchev–Trinajstić information content (AvgIpc) is 2.78. The van der Waals surface area contributed by atoms with Crippen LogP contribution in [-0.2, 0) is 16.1 Å². The van der Waals surface area contributed by atoms with E-state index < -0.39 is 6.04 Å². The summed E-state index contributed by atoms with van der Waals surface area (Å²) in [6.07, 6.45) is 0.496. The van der Waals surface area contributed by atoms with Gasteiger partial charge >= 0.3 is 0 Å². The highest BCUT2D eigenvalue weighted by atomic mass is 16.5. The summed E-state index contributed by atoms with van der Waals surface area (Å²) >= 11 is 0. The number of hydrogen-bond acceptors (Lipinski definition) is 5. The zero-order valence-corrected chi connectivity index (χ0v) is 18.0. The van der Waals surface area contributed by atoms with E-state index in [4.69, 9.17) is 14.2 Å².